The van der Waals surface area contributed by atoms with E-state index in [1.54, 1.807) is 0 Å². The van der Waals surface area contributed by atoms with Crippen LogP contribution in [0.4, 0.5) is 0 Å². The smallest absolute Gasteiger partial charge is 0.221 e. The van der Waals surface area contributed by atoms with Gasteiger partial charge in [-0.15, -0.1) is 0 Å². The van der Waals surface area contributed by atoms with Gasteiger partial charge in [0.2, 0.25) is 5.91 Å². The van der Waals surface area contributed by atoms with Crippen LogP contribution in [0.3, 0.4) is 0 Å². The third-order valence-corrected chi connectivity index (χ3v) is 2.98. The molecular formula is C10H18N2O2. The van der Waals surface area contributed by atoms with Crippen LogP contribution >= 0.6 is 0 Å². The number of hydrogen-bond donors (Lipinski definition) is 1. The monoisotopic (exact) mass is 198 g/mol. The second-order valence-corrected chi connectivity index (χ2v) is 3.88. The maximum atomic E-state index is 11.4. The Morgan fingerprint density at radius 1 is 1.57 bits per heavy atom. The van der Waals surface area contributed by atoms with Crippen molar-refractivity contribution in [2.45, 2.75) is 32.7 Å². The molecule has 14 heavy (non-hydrogen) atoms. The van der Waals surface area contributed by atoms with Crippen molar-refractivity contribution >= 4 is 11.7 Å². The SMILES string of the molecule is CCC(=O)C(C)N1CCC(C(N)=O)C1. The summed E-state index contributed by atoms with van der Waals surface area (Å²) in [5.41, 5.74) is 5.22. The summed E-state index contributed by atoms with van der Waals surface area (Å²) in [6.45, 7) is 5.21. The Labute approximate surface area is 84.4 Å². The summed E-state index contributed by atoms with van der Waals surface area (Å²) in [6, 6.07) is -0.0654. The fraction of sp³-hybridized carbons (Fsp3) is 0.800. The summed E-state index contributed by atoms with van der Waals surface area (Å²) >= 11 is 0. The number of ketones is 1. The molecule has 0 aromatic carbocycles. The molecular weight excluding hydrogens is 180 g/mol. The van der Waals surface area contributed by atoms with E-state index >= 15 is 0 Å². The molecule has 1 heterocycles. The number of Topliss-reactive ketones (excluding diaryl/α,β-unsaturated/α-hetero) is 1. The molecule has 0 aromatic rings. The summed E-state index contributed by atoms with van der Waals surface area (Å²) in [5, 5.41) is 0. The molecule has 80 valence electrons. The number of amides is 1. The second-order valence-electron chi connectivity index (χ2n) is 3.88. The number of carbonyl (C=O) groups is 2. The highest BCUT2D eigenvalue weighted by Gasteiger charge is 2.31. The van der Waals surface area contributed by atoms with E-state index in [-0.39, 0.29) is 23.7 Å². The van der Waals surface area contributed by atoms with Crippen LogP contribution in [0.25, 0.3) is 0 Å². The predicted molar refractivity (Wildman–Crippen MR) is 53.6 cm³/mol. The Morgan fingerprint density at radius 2 is 2.21 bits per heavy atom. The van der Waals surface area contributed by atoms with E-state index < -0.39 is 0 Å². The highest BCUT2D eigenvalue weighted by molar-refractivity contribution is 5.83. The fourth-order valence-electron chi connectivity index (χ4n) is 1.87. The Balaban J connectivity index is 2.49. The average Bonchev–Trinajstić information content (AvgIpc) is 2.64. The summed E-state index contributed by atoms with van der Waals surface area (Å²) in [6.07, 6.45) is 1.34. The van der Waals surface area contributed by atoms with Crippen molar-refractivity contribution in [3.05, 3.63) is 0 Å². The molecule has 1 saturated heterocycles. The maximum Gasteiger partial charge on any atom is 0.221 e. The Morgan fingerprint density at radius 3 is 2.64 bits per heavy atom. The molecule has 4 heteroatoms. The first kappa shape index (κ1) is 11.2. The number of likely N-dealkylation sites (tertiary alicyclic amines) is 1. The highest BCUT2D eigenvalue weighted by atomic mass is 16.1. The van der Waals surface area contributed by atoms with Crippen molar-refractivity contribution in [1.82, 2.24) is 4.90 Å². The van der Waals surface area contributed by atoms with Crippen molar-refractivity contribution in [2.24, 2.45) is 11.7 Å². The molecule has 1 rings (SSSR count). The standard InChI is InChI=1S/C10H18N2O2/c1-3-9(13)7(2)12-5-4-8(6-12)10(11)14/h7-8H,3-6H2,1-2H3,(H2,11,14). The zero-order valence-corrected chi connectivity index (χ0v) is 8.82. The van der Waals surface area contributed by atoms with Gasteiger partial charge in [-0.1, -0.05) is 6.92 Å². The number of rotatable bonds is 4. The molecule has 1 amide bonds. The molecule has 0 aliphatic carbocycles. The van der Waals surface area contributed by atoms with Crippen molar-refractivity contribution in [3.63, 3.8) is 0 Å². The topological polar surface area (TPSA) is 63.4 Å². The van der Waals surface area contributed by atoms with E-state index in [0.29, 0.717) is 13.0 Å². The van der Waals surface area contributed by atoms with E-state index in [4.69, 9.17) is 5.73 Å². The van der Waals surface area contributed by atoms with Gasteiger partial charge in [0.05, 0.1) is 12.0 Å². The number of nitrogens with zero attached hydrogens (tertiary/aromatic N) is 1. The molecule has 0 radical (unpaired) electrons. The van der Waals surface area contributed by atoms with Gasteiger partial charge >= 0.3 is 0 Å². The summed E-state index contributed by atoms with van der Waals surface area (Å²) in [7, 11) is 0. The lowest BCUT2D eigenvalue weighted by molar-refractivity contribution is -0.124. The van der Waals surface area contributed by atoms with Crippen LogP contribution in [0.1, 0.15) is 26.7 Å². The number of nitrogens with two attached hydrogens (primary N) is 1. The maximum absolute atomic E-state index is 11.4. The minimum Gasteiger partial charge on any atom is -0.369 e. The van der Waals surface area contributed by atoms with Crippen LogP contribution in [0, 0.1) is 5.92 Å². The molecule has 0 spiro atoms. The molecule has 2 unspecified atom stereocenters. The van der Waals surface area contributed by atoms with Crippen LogP contribution in [-0.4, -0.2) is 35.7 Å². The van der Waals surface area contributed by atoms with Gasteiger partial charge in [-0.05, 0) is 19.9 Å². The highest BCUT2D eigenvalue weighted by Crippen LogP contribution is 2.18. The summed E-state index contributed by atoms with van der Waals surface area (Å²) in [5.74, 6) is -0.0825. The lowest BCUT2D eigenvalue weighted by atomic mass is 10.1. The van der Waals surface area contributed by atoms with E-state index in [0.717, 1.165) is 13.0 Å². The van der Waals surface area contributed by atoms with Crippen LogP contribution in [0.15, 0.2) is 0 Å². The first-order valence-electron chi connectivity index (χ1n) is 5.12. The third kappa shape index (κ3) is 2.32. The van der Waals surface area contributed by atoms with Gasteiger partial charge in [-0.2, -0.15) is 0 Å². The zero-order valence-electron chi connectivity index (χ0n) is 8.82. The number of hydrogen-bond acceptors (Lipinski definition) is 3. The van der Waals surface area contributed by atoms with Crippen molar-refractivity contribution in [1.29, 1.82) is 0 Å². The first-order valence-corrected chi connectivity index (χ1v) is 5.12. The van der Waals surface area contributed by atoms with Gasteiger partial charge in [0.15, 0.2) is 0 Å². The lowest BCUT2D eigenvalue weighted by Gasteiger charge is -2.22. The van der Waals surface area contributed by atoms with E-state index in [9.17, 15) is 9.59 Å². The van der Waals surface area contributed by atoms with Crippen molar-refractivity contribution < 1.29 is 9.59 Å². The number of primary amides is 1. The van der Waals surface area contributed by atoms with Gasteiger partial charge < -0.3 is 5.73 Å². The predicted octanol–water partition coefficient (Wildman–Crippen LogP) is 0.161. The molecule has 0 bridgehead atoms. The van der Waals surface area contributed by atoms with E-state index in [1.165, 1.54) is 0 Å². The zero-order chi connectivity index (χ0) is 10.7. The van der Waals surface area contributed by atoms with Gasteiger partial charge in [0.25, 0.3) is 0 Å². The second kappa shape index (κ2) is 4.55. The molecule has 2 N–H and O–H groups in total. The normalized spacial score (nSPS) is 24.9. The average molecular weight is 198 g/mol. The molecule has 1 fully saturated rings. The minimum atomic E-state index is -0.247. The van der Waals surface area contributed by atoms with Crippen molar-refractivity contribution in [2.75, 3.05) is 13.1 Å². The lowest BCUT2D eigenvalue weighted by Crippen LogP contribution is -2.38. The van der Waals surface area contributed by atoms with Crippen LogP contribution < -0.4 is 5.73 Å². The minimum absolute atomic E-state index is 0.0654. The van der Waals surface area contributed by atoms with Gasteiger partial charge in [0.1, 0.15) is 5.78 Å². The summed E-state index contributed by atoms with van der Waals surface area (Å²) < 4.78 is 0. The largest absolute Gasteiger partial charge is 0.369 e. The molecule has 4 nitrogen and oxygen atoms in total. The summed E-state index contributed by atoms with van der Waals surface area (Å²) in [4.78, 5) is 24.4. The van der Waals surface area contributed by atoms with Crippen molar-refractivity contribution in [3.8, 4) is 0 Å². The molecule has 0 aromatic heterocycles. The third-order valence-electron chi connectivity index (χ3n) is 2.98. The van der Waals surface area contributed by atoms with Gasteiger partial charge in [0, 0.05) is 13.0 Å². The van der Waals surface area contributed by atoms with Crippen LogP contribution in [0.5, 0.6) is 0 Å². The quantitative estimate of drug-likeness (QED) is 0.700. The molecule has 0 saturated carbocycles. The Kier molecular flexibility index (Phi) is 3.63. The van der Waals surface area contributed by atoms with Crippen LogP contribution in [-0.2, 0) is 9.59 Å². The van der Waals surface area contributed by atoms with E-state index in [2.05, 4.69) is 0 Å². The first-order chi connectivity index (χ1) is 6.56. The Hall–Kier alpha value is -0.900. The van der Waals surface area contributed by atoms with Gasteiger partial charge in [-0.3, -0.25) is 14.5 Å². The van der Waals surface area contributed by atoms with Crippen LogP contribution in [0.2, 0.25) is 0 Å². The molecule has 1 aliphatic rings. The Bertz CT molecular complexity index is 240. The molecule has 2 atom stereocenters. The number of carbonyl (C=O) groups excluding carboxylic acids is 2. The van der Waals surface area contributed by atoms with Gasteiger partial charge in [-0.25, -0.2) is 0 Å². The fourth-order valence-corrected chi connectivity index (χ4v) is 1.87. The molecule has 1 aliphatic heterocycles. The van der Waals surface area contributed by atoms with E-state index in [1.807, 2.05) is 18.7 Å².